The lowest BCUT2D eigenvalue weighted by molar-refractivity contribution is -0.145. The molecular formula is C14H12N2O5. The first-order valence-electron chi connectivity index (χ1n) is 6.08. The van der Waals surface area contributed by atoms with Crippen molar-refractivity contribution in [1.82, 2.24) is 10.3 Å². The van der Waals surface area contributed by atoms with Crippen LogP contribution >= 0.6 is 0 Å². The second-order valence-electron chi connectivity index (χ2n) is 4.34. The van der Waals surface area contributed by atoms with Crippen molar-refractivity contribution < 1.29 is 24.6 Å². The summed E-state index contributed by atoms with van der Waals surface area (Å²) in [6.45, 7) is 0. The first-order chi connectivity index (χ1) is 9.99. The van der Waals surface area contributed by atoms with Crippen molar-refractivity contribution >= 4 is 28.7 Å². The van der Waals surface area contributed by atoms with Gasteiger partial charge in [0.15, 0.2) is 0 Å². The highest BCUT2D eigenvalue weighted by molar-refractivity contribution is 6.06. The van der Waals surface area contributed by atoms with Crippen LogP contribution in [0.2, 0.25) is 0 Å². The molecule has 21 heavy (non-hydrogen) atoms. The summed E-state index contributed by atoms with van der Waals surface area (Å²) in [7, 11) is 0. The highest BCUT2D eigenvalue weighted by atomic mass is 16.4. The number of hydrogen-bond donors (Lipinski definition) is 3. The van der Waals surface area contributed by atoms with Crippen molar-refractivity contribution in [2.24, 2.45) is 0 Å². The molecule has 0 bridgehead atoms. The van der Waals surface area contributed by atoms with E-state index >= 15 is 0 Å². The van der Waals surface area contributed by atoms with Gasteiger partial charge in [0.25, 0.3) is 5.91 Å². The van der Waals surface area contributed by atoms with Gasteiger partial charge in [-0.25, -0.2) is 4.79 Å². The molecule has 1 aromatic carbocycles. The third kappa shape index (κ3) is 3.33. The second-order valence-corrected chi connectivity index (χ2v) is 4.34. The molecule has 0 saturated heterocycles. The van der Waals surface area contributed by atoms with Crippen LogP contribution in [0.15, 0.2) is 36.5 Å². The van der Waals surface area contributed by atoms with E-state index in [0.29, 0.717) is 5.52 Å². The number of hydrogen-bond acceptors (Lipinski definition) is 4. The van der Waals surface area contributed by atoms with E-state index in [-0.39, 0.29) is 5.56 Å². The molecule has 0 radical (unpaired) electrons. The quantitative estimate of drug-likeness (QED) is 0.752. The van der Waals surface area contributed by atoms with Crippen LogP contribution in [0.25, 0.3) is 10.9 Å². The summed E-state index contributed by atoms with van der Waals surface area (Å²) in [6.07, 6.45) is 0.824. The lowest BCUT2D eigenvalue weighted by Crippen LogP contribution is -2.42. The fraction of sp³-hybridized carbons (Fsp3) is 0.143. The van der Waals surface area contributed by atoms with Crippen molar-refractivity contribution in [3.63, 3.8) is 0 Å². The topological polar surface area (TPSA) is 117 Å². The second kappa shape index (κ2) is 6.00. The maximum Gasteiger partial charge on any atom is 0.326 e. The van der Waals surface area contributed by atoms with E-state index < -0.39 is 30.3 Å². The van der Waals surface area contributed by atoms with Crippen molar-refractivity contribution in [3.8, 4) is 0 Å². The first-order valence-corrected chi connectivity index (χ1v) is 6.08. The van der Waals surface area contributed by atoms with Crippen molar-refractivity contribution in [1.29, 1.82) is 0 Å². The van der Waals surface area contributed by atoms with Crippen molar-refractivity contribution in [3.05, 3.63) is 42.1 Å². The SMILES string of the molecule is O=C(O)C[C@H](NC(=O)c1cccc2cccnc12)C(=O)O. The first kappa shape index (κ1) is 14.4. The fourth-order valence-corrected chi connectivity index (χ4v) is 1.90. The zero-order valence-corrected chi connectivity index (χ0v) is 10.8. The Hall–Kier alpha value is -2.96. The number of aliphatic carboxylic acids is 2. The van der Waals surface area contributed by atoms with E-state index in [1.807, 2.05) is 0 Å². The molecule has 2 rings (SSSR count). The fourth-order valence-electron chi connectivity index (χ4n) is 1.90. The Morgan fingerprint density at radius 2 is 1.86 bits per heavy atom. The average Bonchev–Trinajstić information content (AvgIpc) is 2.45. The Kier molecular flexibility index (Phi) is 4.13. The molecule has 0 aliphatic carbocycles. The molecule has 108 valence electrons. The van der Waals surface area contributed by atoms with E-state index in [4.69, 9.17) is 10.2 Å². The Morgan fingerprint density at radius 1 is 1.14 bits per heavy atom. The van der Waals surface area contributed by atoms with E-state index in [1.165, 1.54) is 12.3 Å². The van der Waals surface area contributed by atoms with Crippen LogP contribution in [0, 0.1) is 0 Å². The number of para-hydroxylation sites is 1. The van der Waals surface area contributed by atoms with Gasteiger partial charge in [0, 0.05) is 11.6 Å². The minimum atomic E-state index is -1.49. The number of rotatable bonds is 5. The number of carbonyl (C=O) groups is 3. The Balaban J connectivity index is 2.29. The Morgan fingerprint density at radius 3 is 2.52 bits per heavy atom. The number of nitrogens with one attached hydrogen (secondary N) is 1. The number of benzene rings is 1. The molecule has 7 heteroatoms. The molecule has 3 N–H and O–H groups in total. The van der Waals surface area contributed by atoms with E-state index in [0.717, 1.165) is 5.39 Å². The summed E-state index contributed by atoms with van der Waals surface area (Å²) in [5, 5.41) is 20.5. The summed E-state index contributed by atoms with van der Waals surface area (Å²) in [5.41, 5.74) is 0.627. The minimum Gasteiger partial charge on any atom is -0.481 e. The van der Waals surface area contributed by atoms with Gasteiger partial charge < -0.3 is 15.5 Å². The number of amides is 1. The highest BCUT2D eigenvalue weighted by Crippen LogP contribution is 2.16. The van der Waals surface area contributed by atoms with Gasteiger partial charge in [0.2, 0.25) is 0 Å². The molecule has 1 amide bonds. The van der Waals surface area contributed by atoms with Gasteiger partial charge in [-0.3, -0.25) is 14.6 Å². The monoisotopic (exact) mass is 288 g/mol. The predicted molar refractivity (Wildman–Crippen MR) is 72.9 cm³/mol. The zero-order valence-electron chi connectivity index (χ0n) is 10.8. The standard InChI is InChI=1S/C14H12N2O5/c17-11(18)7-10(14(20)21)16-13(19)9-5-1-3-8-4-2-6-15-12(8)9/h1-6,10H,7H2,(H,16,19)(H,17,18)(H,20,21)/t10-/m0/s1. The van der Waals surface area contributed by atoms with E-state index in [9.17, 15) is 14.4 Å². The van der Waals surface area contributed by atoms with Gasteiger partial charge in [-0.05, 0) is 12.1 Å². The third-order valence-electron chi connectivity index (χ3n) is 2.86. The molecule has 1 atom stereocenters. The van der Waals surface area contributed by atoms with Crippen LogP contribution in [0.5, 0.6) is 0 Å². The van der Waals surface area contributed by atoms with Gasteiger partial charge in [0.05, 0.1) is 17.5 Å². The largest absolute Gasteiger partial charge is 0.481 e. The van der Waals surface area contributed by atoms with Crippen LogP contribution in [0.1, 0.15) is 16.8 Å². The number of carboxylic acid groups (broad SMARTS) is 2. The van der Waals surface area contributed by atoms with Crippen LogP contribution < -0.4 is 5.32 Å². The van der Waals surface area contributed by atoms with Crippen LogP contribution in [-0.4, -0.2) is 39.1 Å². The van der Waals surface area contributed by atoms with Gasteiger partial charge >= 0.3 is 11.9 Å². The smallest absolute Gasteiger partial charge is 0.326 e. The average molecular weight is 288 g/mol. The molecule has 0 fully saturated rings. The molecule has 2 aromatic rings. The molecule has 0 aliphatic rings. The number of carbonyl (C=O) groups excluding carboxylic acids is 1. The summed E-state index contributed by atoms with van der Waals surface area (Å²) in [6, 6.07) is 6.91. The summed E-state index contributed by atoms with van der Waals surface area (Å²) >= 11 is 0. The van der Waals surface area contributed by atoms with Crippen LogP contribution in [0.4, 0.5) is 0 Å². The van der Waals surface area contributed by atoms with Crippen molar-refractivity contribution in [2.75, 3.05) is 0 Å². The normalized spacial score (nSPS) is 11.8. The highest BCUT2D eigenvalue weighted by Gasteiger charge is 2.24. The van der Waals surface area contributed by atoms with Gasteiger partial charge in [-0.15, -0.1) is 0 Å². The maximum atomic E-state index is 12.1. The molecule has 1 heterocycles. The van der Waals surface area contributed by atoms with Gasteiger partial charge in [-0.2, -0.15) is 0 Å². The lowest BCUT2D eigenvalue weighted by Gasteiger charge is -2.13. The maximum absolute atomic E-state index is 12.1. The molecule has 0 aliphatic heterocycles. The van der Waals surface area contributed by atoms with E-state index in [1.54, 1.807) is 24.3 Å². The molecule has 0 spiro atoms. The van der Waals surface area contributed by atoms with E-state index in [2.05, 4.69) is 10.3 Å². The number of aromatic nitrogens is 1. The number of carboxylic acids is 2. The summed E-state index contributed by atoms with van der Waals surface area (Å²) in [4.78, 5) is 37.8. The molecule has 7 nitrogen and oxygen atoms in total. The molecule has 0 saturated carbocycles. The Bertz CT molecular complexity index is 708. The summed E-state index contributed by atoms with van der Waals surface area (Å²) < 4.78 is 0. The van der Waals surface area contributed by atoms with Crippen LogP contribution in [-0.2, 0) is 9.59 Å². The van der Waals surface area contributed by atoms with Gasteiger partial charge in [0.1, 0.15) is 6.04 Å². The molecular weight excluding hydrogens is 276 g/mol. The third-order valence-corrected chi connectivity index (χ3v) is 2.86. The summed E-state index contributed by atoms with van der Waals surface area (Å²) in [5.74, 6) is -3.38. The van der Waals surface area contributed by atoms with Crippen molar-refractivity contribution in [2.45, 2.75) is 12.5 Å². The minimum absolute atomic E-state index is 0.199. The Labute approximate surface area is 119 Å². The van der Waals surface area contributed by atoms with Gasteiger partial charge in [-0.1, -0.05) is 18.2 Å². The predicted octanol–water partition coefficient (Wildman–Crippen LogP) is 0.892. The molecule has 1 aromatic heterocycles. The number of pyridine rings is 1. The number of nitrogens with zero attached hydrogens (tertiary/aromatic N) is 1. The zero-order chi connectivity index (χ0) is 15.4. The van der Waals surface area contributed by atoms with Crippen LogP contribution in [0.3, 0.4) is 0 Å². The lowest BCUT2D eigenvalue weighted by atomic mass is 10.1. The number of fused-ring (bicyclic) bond motifs is 1. The molecule has 0 unspecified atom stereocenters.